The first-order valence-corrected chi connectivity index (χ1v) is 8.16. The molecule has 0 spiro atoms. The lowest BCUT2D eigenvalue weighted by Gasteiger charge is -2.31. The van der Waals surface area contributed by atoms with Crippen LogP contribution in [-0.4, -0.2) is 18.7 Å². The van der Waals surface area contributed by atoms with Crippen LogP contribution in [0.1, 0.15) is 63.9 Å². The summed E-state index contributed by atoms with van der Waals surface area (Å²) in [5.41, 5.74) is 1.23. The summed E-state index contributed by atoms with van der Waals surface area (Å²) in [5, 5.41) is 0. The molecule has 116 valence electrons. The third-order valence-corrected chi connectivity index (χ3v) is 4.03. The maximum atomic E-state index is 11.6. The van der Waals surface area contributed by atoms with Gasteiger partial charge in [0.25, 0.3) is 0 Å². The molecule has 0 heterocycles. The molecule has 0 bridgehead atoms. The molecular formula is C18H26O3. The molecule has 3 nitrogen and oxygen atoms in total. The number of carbonyl (C=O) groups excluding carboxylic acids is 1. The quantitative estimate of drug-likeness (QED) is 0.726. The lowest BCUT2D eigenvalue weighted by atomic mass is 9.81. The Bertz CT molecular complexity index is 456. The molecule has 1 aliphatic carbocycles. The molecule has 1 aromatic rings. The van der Waals surface area contributed by atoms with Crippen molar-refractivity contribution in [3.8, 4) is 5.75 Å². The van der Waals surface area contributed by atoms with Gasteiger partial charge in [-0.25, -0.2) is 0 Å². The van der Waals surface area contributed by atoms with Crippen LogP contribution in [0, 0.1) is 0 Å². The Kier molecular flexibility index (Phi) is 6.09. The Morgan fingerprint density at radius 3 is 2.81 bits per heavy atom. The molecule has 2 unspecified atom stereocenters. The highest BCUT2D eigenvalue weighted by atomic mass is 16.5. The predicted molar refractivity (Wildman–Crippen MR) is 83.6 cm³/mol. The van der Waals surface area contributed by atoms with Crippen molar-refractivity contribution in [3.63, 3.8) is 0 Å². The summed E-state index contributed by atoms with van der Waals surface area (Å²) in [7, 11) is 0. The summed E-state index contributed by atoms with van der Waals surface area (Å²) < 4.78 is 11.4. The molecule has 1 aromatic carbocycles. The molecular weight excluding hydrogens is 264 g/mol. The van der Waals surface area contributed by atoms with Crippen molar-refractivity contribution >= 4 is 5.97 Å². The average molecular weight is 290 g/mol. The van der Waals surface area contributed by atoms with Crippen molar-refractivity contribution in [1.29, 1.82) is 0 Å². The monoisotopic (exact) mass is 290 g/mol. The lowest BCUT2D eigenvalue weighted by Crippen LogP contribution is -2.28. The van der Waals surface area contributed by atoms with Gasteiger partial charge in [0, 0.05) is 12.3 Å². The second-order valence-electron chi connectivity index (χ2n) is 5.69. The Morgan fingerprint density at radius 2 is 2.05 bits per heavy atom. The fourth-order valence-corrected chi connectivity index (χ4v) is 2.93. The number of benzene rings is 1. The predicted octanol–water partition coefficient (Wildman–Crippen LogP) is 4.45. The summed E-state index contributed by atoms with van der Waals surface area (Å²) in [5.74, 6) is 1.13. The molecule has 0 saturated heterocycles. The zero-order chi connectivity index (χ0) is 15.1. The number of rotatable bonds is 6. The third-order valence-electron chi connectivity index (χ3n) is 4.03. The molecule has 0 amide bonds. The molecule has 21 heavy (non-hydrogen) atoms. The van der Waals surface area contributed by atoms with E-state index in [0.717, 1.165) is 38.0 Å². The van der Waals surface area contributed by atoms with E-state index >= 15 is 0 Å². The molecule has 3 heteroatoms. The fourth-order valence-electron chi connectivity index (χ4n) is 2.93. The van der Waals surface area contributed by atoms with Crippen molar-refractivity contribution in [2.24, 2.45) is 0 Å². The van der Waals surface area contributed by atoms with Crippen LogP contribution in [0.2, 0.25) is 0 Å². The van der Waals surface area contributed by atoms with Crippen molar-refractivity contribution < 1.29 is 14.3 Å². The van der Waals surface area contributed by atoms with Gasteiger partial charge in [-0.15, -0.1) is 0 Å². The summed E-state index contributed by atoms with van der Waals surface area (Å²) in [4.78, 5) is 11.6. The van der Waals surface area contributed by atoms with Gasteiger partial charge in [-0.3, -0.25) is 4.79 Å². The van der Waals surface area contributed by atoms with Crippen molar-refractivity contribution in [2.45, 2.75) is 64.4 Å². The zero-order valence-corrected chi connectivity index (χ0v) is 13.1. The molecule has 0 aliphatic heterocycles. The van der Waals surface area contributed by atoms with E-state index in [1.165, 1.54) is 12.0 Å². The normalized spacial score (nSPS) is 21.8. The standard InChI is InChI=1S/C18H26O3/c1-3-12-20-15-9-7-8-14(13-15)16-10-5-6-11-17(16)21-18(19)4-2/h7-9,13,16-17H,3-6,10-12H2,1-2H3. The minimum Gasteiger partial charge on any atom is -0.494 e. The van der Waals surface area contributed by atoms with Crippen LogP contribution in [0.3, 0.4) is 0 Å². The van der Waals surface area contributed by atoms with Crippen LogP contribution in [0.25, 0.3) is 0 Å². The summed E-state index contributed by atoms with van der Waals surface area (Å²) in [6, 6.07) is 8.27. The molecule has 0 N–H and O–H groups in total. The number of hydrogen-bond donors (Lipinski definition) is 0. The van der Waals surface area contributed by atoms with E-state index in [4.69, 9.17) is 9.47 Å². The highest BCUT2D eigenvalue weighted by molar-refractivity contribution is 5.69. The second kappa shape index (κ2) is 8.06. The maximum absolute atomic E-state index is 11.6. The van der Waals surface area contributed by atoms with Crippen LogP contribution in [-0.2, 0) is 9.53 Å². The van der Waals surface area contributed by atoms with E-state index in [1.54, 1.807) is 0 Å². The molecule has 2 rings (SSSR count). The molecule has 0 aromatic heterocycles. The summed E-state index contributed by atoms with van der Waals surface area (Å²) in [6.45, 7) is 4.69. The molecule has 1 saturated carbocycles. The minimum atomic E-state index is -0.0923. The third kappa shape index (κ3) is 4.48. The zero-order valence-electron chi connectivity index (χ0n) is 13.1. The SMILES string of the molecule is CCCOc1cccc(C2CCCCC2OC(=O)CC)c1. The van der Waals surface area contributed by atoms with E-state index in [9.17, 15) is 4.79 Å². The lowest BCUT2D eigenvalue weighted by molar-refractivity contribution is -0.151. The van der Waals surface area contributed by atoms with Crippen LogP contribution in [0.5, 0.6) is 5.75 Å². The summed E-state index contributed by atoms with van der Waals surface area (Å²) >= 11 is 0. The second-order valence-corrected chi connectivity index (χ2v) is 5.69. The van der Waals surface area contributed by atoms with Crippen LogP contribution in [0.15, 0.2) is 24.3 Å². The molecule has 1 fully saturated rings. The smallest absolute Gasteiger partial charge is 0.305 e. The molecule has 2 atom stereocenters. The molecule has 0 radical (unpaired) electrons. The van der Waals surface area contributed by atoms with Gasteiger partial charge in [0.2, 0.25) is 0 Å². The van der Waals surface area contributed by atoms with E-state index in [1.807, 2.05) is 19.1 Å². The van der Waals surface area contributed by atoms with Gasteiger partial charge in [0.1, 0.15) is 11.9 Å². The van der Waals surface area contributed by atoms with Crippen LogP contribution < -0.4 is 4.74 Å². The molecule has 1 aliphatic rings. The van der Waals surface area contributed by atoms with Gasteiger partial charge in [-0.05, 0) is 43.4 Å². The number of hydrogen-bond acceptors (Lipinski definition) is 3. The van der Waals surface area contributed by atoms with Crippen molar-refractivity contribution in [3.05, 3.63) is 29.8 Å². The van der Waals surface area contributed by atoms with Gasteiger partial charge in [-0.2, -0.15) is 0 Å². The topological polar surface area (TPSA) is 35.5 Å². The van der Waals surface area contributed by atoms with E-state index in [0.29, 0.717) is 12.3 Å². The Hall–Kier alpha value is -1.51. The van der Waals surface area contributed by atoms with Crippen molar-refractivity contribution in [2.75, 3.05) is 6.61 Å². The Morgan fingerprint density at radius 1 is 1.24 bits per heavy atom. The van der Waals surface area contributed by atoms with Gasteiger partial charge in [0.15, 0.2) is 0 Å². The van der Waals surface area contributed by atoms with E-state index in [2.05, 4.69) is 19.1 Å². The van der Waals surface area contributed by atoms with E-state index in [-0.39, 0.29) is 12.1 Å². The van der Waals surface area contributed by atoms with Crippen molar-refractivity contribution in [1.82, 2.24) is 0 Å². The van der Waals surface area contributed by atoms with Gasteiger partial charge < -0.3 is 9.47 Å². The van der Waals surface area contributed by atoms with Crippen LogP contribution in [0.4, 0.5) is 0 Å². The Balaban J connectivity index is 2.10. The highest BCUT2D eigenvalue weighted by Crippen LogP contribution is 2.36. The first-order chi connectivity index (χ1) is 10.2. The first kappa shape index (κ1) is 15.9. The van der Waals surface area contributed by atoms with E-state index < -0.39 is 0 Å². The highest BCUT2D eigenvalue weighted by Gasteiger charge is 2.29. The van der Waals surface area contributed by atoms with Gasteiger partial charge in [0.05, 0.1) is 6.61 Å². The summed E-state index contributed by atoms with van der Waals surface area (Å²) in [6.07, 6.45) is 5.87. The number of carbonyl (C=O) groups is 1. The average Bonchev–Trinajstić information content (AvgIpc) is 2.53. The Labute approximate surface area is 127 Å². The van der Waals surface area contributed by atoms with Gasteiger partial charge in [-0.1, -0.05) is 32.4 Å². The maximum Gasteiger partial charge on any atom is 0.305 e. The number of esters is 1. The first-order valence-electron chi connectivity index (χ1n) is 8.16. The van der Waals surface area contributed by atoms with Crippen LogP contribution >= 0.6 is 0 Å². The minimum absolute atomic E-state index is 0.0209. The number of ether oxygens (including phenoxy) is 2. The van der Waals surface area contributed by atoms with Gasteiger partial charge >= 0.3 is 5.97 Å². The fraction of sp³-hybridized carbons (Fsp3) is 0.611. The largest absolute Gasteiger partial charge is 0.494 e.